The normalized spacial score (nSPS) is 13.9. The maximum atomic E-state index is 6.00. The van der Waals surface area contributed by atoms with E-state index in [1.807, 2.05) is 12.1 Å². The predicted molar refractivity (Wildman–Crippen MR) is 91.8 cm³/mol. The Labute approximate surface area is 133 Å². The van der Waals surface area contributed by atoms with Crippen molar-refractivity contribution >= 4 is 11.6 Å². The quantitative estimate of drug-likeness (QED) is 0.706. The van der Waals surface area contributed by atoms with E-state index in [2.05, 4.69) is 62.5 Å². The second-order valence-corrected chi connectivity index (χ2v) is 6.07. The molecule has 112 valence electrons. The summed E-state index contributed by atoms with van der Waals surface area (Å²) in [6, 6.07) is 17.5. The van der Waals surface area contributed by atoms with E-state index in [1.54, 1.807) is 0 Å². The van der Waals surface area contributed by atoms with E-state index < -0.39 is 0 Å². The van der Waals surface area contributed by atoms with Gasteiger partial charge in [0.15, 0.2) is 0 Å². The van der Waals surface area contributed by atoms with Crippen LogP contribution in [0.15, 0.2) is 48.5 Å². The summed E-state index contributed by atoms with van der Waals surface area (Å²) < 4.78 is 0. The number of nitrogens with one attached hydrogen (secondary N) is 1. The average molecular weight is 302 g/mol. The highest BCUT2D eigenvalue weighted by Crippen LogP contribution is 2.25. The van der Waals surface area contributed by atoms with Gasteiger partial charge in [0.1, 0.15) is 0 Å². The Morgan fingerprint density at radius 1 is 1.05 bits per heavy atom. The number of halogens is 1. The van der Waals surface area contributed by atoms with E-state index in [0.29, 0.717) is 12.1 Å². The molecule has 0 amide bonds. The van der Waals surface area contributed by atoms with Crippen molar-refractivity contribution in [2.24, 2.45) is 0 Å². The largest absolute Gasteiger partial charge is 0.303 e. The third-order valence-corrected chi connectivity index (χ3v) is 4.21. The Bertz CT molecular complexity index is 562. The summed E-state index contributed by atoms with van der Waals surface area (Å²) in [4.78, 5) is 0. The van der Waals surface area contributed by atoms with Crippen LogP contribution in [-0.4, -0.2) is 0 Å². The van der Waals surface area contributed by atoms with Gasteiger partial charge in [0, 0.05) is 17.1 Å². The van der Waals surface area contributed by atoms with E-state index in [0.717, 1.165) is 17.9 Å². The molecule has 0 fully saturated rings. The van der Waals surface area contributed by atoms with Crippen LogP contribution in [0.4, 0.5) is 0 Å². The second kappa shape index (κ2) is 7.63. The summed E-state index contributed by atoms with van der Waals surface area (Å²) in [7, 11) is 0. The minimum atomic E-state index is 0.332. The Morgan fingerprint density at radius 3 is 2.33 bits per heavy atom. The highest BCUT2D eigenvalue weighted by Gasteiger charge is 2.15. The summed E-state index contributed by atoms with van der Waals surface area (Å²) in [6.07, 6.45) is 2.28. The molecule has 2 rings (SSSR count). The lowest BCUT2D eigenvalue weighted by atomic mass is 9.98. The zero-order valence-corrected chi connectivity index (χ0v) is 13.8. The smallest absolute Gasteiger partial charge is 0.0406 e. The third-order valence-electron chi connectivity index (χ3n) is 3.96. The van der Waals surface area contributed by atoms with Crippen molar-refractivity contribution in [3.63, 3.8) is 0 Å². The van der Waals surface area contributed by atoms with E-state index in [1.165, 1.54) is 16.7 Å². The van der Waals surface area contributed by atoms with Crippen molar-refractivity contribution in [1.29, 1.82) is 0 Å². The van der Waals surface area contributed by atoms with Crippen molar-refractivity contribution < 1.29 is 0 Å². The lowest BCUT2D eigenvalue weighted by Crippen LogP contribution is -2.25. The van der Waals surface area contributed by atoms with Crippen molar-refractivity contribution in [3.8, 4) is 0 Å². The fraction of sp³-hybridized carbons (Fsp3) is 0.368. The zero-order chi connectivity index (χ0) is 15.2. The molecule has 0 saturated carbocycles. The Hall–Kier alpha value is -1.31. The molecular formula is C19H24ClN. The molecule has 0 aliphatic carbocycles. The summed E-state index contributed by atoms with van der Waals surface area (Å²) in [5, 5.41) is 4.56. The van der Waals surface area contributed by atoms with E-state index in [4.69, 9.17) is 11.6 Å². The van der Waals surface area contributed by atoms with Crippen molar-refractivity contribution in [1.82, 2.24) is 5.32 Å². The molecule has 0 bridgehead atoms. The maximum Gasteiger partial charge on any atom is 0.0406 e. The summed E-state index contributed by atoms with van der Waals surface area (Å²) >= 11 is 6.00. The molecule has 0 radical (unpaired) electrons. The van der Waals surface area contributed by atoms with E-state index in [9.17, 15) is 0 Å². The highest BCUT2D eigenvalue weighted by atomic mass is 35.5. The molecule has 1 N–H and O–H groups in total. The molecular weight excluding hydrogens is 278 g/mol. The first-order chi connectivity index (χ1) is 10.1. The standard InChI is InChI=1S/C19H24ClN/c1-4-7-19(16-10-12-17(20)13-11-16)21-15(3)18-9-6-5-8-14(18)2/h5-6,8-13,15,19,21H,4,7H2,1-3H3. The van der Waals surface area contributed by atoms with Crippen LogP contribution in [0.25, 0.3) is 0 Å². The molecule has 0 heterocycles. The van der Waals surface area contributed by atoms with Gasteiger partial charge in [0.05, 0.1) is 0 Å². The average Bonchev–Trinajstić information content (AvgIpc) is 2.48. The Balaban J connectivity index is 2.16. The summed E-state index contributed by atoms with van der Waals surface area (Å²) in [5.41, 5.74) is 4.01. The molecule has 2 aromatic carbocycles. The van der Waals surface area contributed by atoms with Gasteiger partial charge in [-0.25, -0.2) is 0 Å². The molecule has 2 heteroatoms. The minimum Gasteiger partial charge on any atom is -0.303 e. The first kappa shape index (κ1) is 16.1. The molecule has 2 unspecified atom stereocenters. The number of aryl methyl sites for hydroxylation is 1. The first-order valence-electron chi connectivity index (χ1n) is 7.69. The van der Waals surface area contributed by atoms with Crippen LogP contribution in [0.1, 0.15) is 55.5 Å². The van der Waals surface area contributed by atoms with Gasteiger partial charge in [-0.15, -0.1) is 0 Å². The van der Waals surface area contributed by atoms with Gasteiger partial charge in [-0.1, -0.05) is 61.3 Å². The van der Waals surface area contributed by atoms with Gasteiger partial charge in [-0.2, -0.15) is 0 Å². The monoisotopic (exact) mass is 301 g/mol. The molecule has 0 spiro atoms. The number of hydrogen-bond acceptors (Lipinski definition) is 1. The predicted octanol–water partition coefficient (Wildman–Crippen LogP) is 5.84. The zero-order valence-electron chi connectivity index (χ0n) is 13.1. The molecule has 2 aromatic rings. The second-order valence-electron chi connectivity index (χ2n) is 5.64. The van der Waals surface area contributed by atoms with E-state index in [-0.39, 0.29) is 0 Å². The van der Waals surface area contributed by atoms with Crippen LogP contribution in [-0.2, 0) is 0 Å². The van der Waals surface area contributed by atoms with Crippen LogP contribution in [0.3, 0.4) is 0 Å². The molecule has 0 aromatic heterocycles. The number of rotatable bonds is 6. The van der Waals surface area contributed by atoms with Crippen molar-refractivity contribution in [3.05, 3.63) is 70.2 Å². The van der Waals surface area contributed by atoms with Crippen LogP contribution in [0.2, 0.25) is 5.02 Å². The molecule has 21 heavy (non-hydrogen) atoms. The fourth-order valence-electron chi connectivity index (χ4n) is 2.79. The van der Waals surface area contributed by atoms with Crippen molar-refractivity contribution in [2.45, 2.75) is 45.7 Å². The highest BCUT2D eigenvalue weighted by molar-refractivity contribution is 6.30. The van der Waals surface area contributed by atoms with Gasteiger partial charge < -0.3 is 5.32 Å². The molecule has 2 atom stereocenters. The van der Waals surface area contributed by atoms with Gasteiger partial charge in [0.2, 0.25) is 0 Å². The first-order valence-corrected chi connectivity index (χ1v) is 8.06. The summed E-state index contributed by atoms with van der Waals surface area (Å²) in [5.74, 6) is 0. The Morgan fingerprint density at radius 2 is 1.71 bits per heavy atom. The molecule has 0 saturated heterocycles. The van der Waals surface area contributed by atoms with Crippen molar-refractivity contribution in [2.75, 3.05) is 0 Å². The van der Waals surface area contributed by atoms with Crippen LogP contribution >= 0.6 is 11.6 Å². The van der Waals surface area contributed by atoms with Crippen LogP contribution in [0.5, 0.6) is 0 Å². The maximum absolute atomic E-state index is 6.00. The Kier molecular flexibility index (Phi) is 5.84. The SMILES string of the molecule is CCCC(NC(C)c1ccccc1C)c1ccc(Cl)cc1. The summed E-state index contributed by atoms with van der Waals surface area (Å²) in [6.45, 7) is 6.63. The molecule has 0 aliphatic heterocycles. The lowest BCUT2D eigenvalue weighted by molar-refractivity contribution is 0.438. The minimum absolute atomic E-state index is 0.332. The van der Waals surface area contributed by atoms with E-state index >= 15 is 0 Å². The van der Waals surface area contributed by atoms with Crippen LogP contribution in [0, 0.1) is 6.92 Å². The third kappa shape index (κ3) is 4.33. The number of benzene rings is 2. The fourth-order valence-corrected chi connectivity index (χ4v) is 2.92. The van der Waals surface area contributed by atoms with Gasteiger partial charge >= 0.3 is 0 Å². The van der Waals surface area contributed by atoms with Gasteiger partial charge in [0.25, 0.3) is 0 Å². The van der Waals surface area contributed by atoms with Crippen LogP contribution < -0.4 is 5.32 Å². The molecule has 0 aliphatic rings. The van der Waals surface area contributed by atoms with Gasteiger partial charge in [-0.3, -0.25) is 0 Å². The lowest BCUT2D eigenvalue weighted by Gasteiger charge is -2.25. The van der Waals surface area contributed by atoms with Gasteiger partial charge in [-0.05, 0) is 49.1 Å². The number of hydrogen-bond donors (Lipinski definition) is 1. The molecule has 1 nitrogen and oxygen atoms in total. The topological polar surface area (TPSA) is 12.0 Å².